The molecule has 0 saturated carbocycles. The molecule has 0 saturated heterocycles. The second kappa shape index (κ2) is 6.38. The van der Waals surface area contributed by atoms with Crippen molar-refractivity contribution in [3.63, 3.8) is 0 Å². The van der Waals surface area contributed by atoms with Crippen LogP contribution in [0.1, 0.15) is 31.5 Å². The molecule has 0 aliphatic rings. The van der Waals surface area contributed by atoms with Crippen LogP contribution in [0.2, 0.25) is 5.02 Å². The van der Waals surface area contributed by atoms with Gasteiger partial charge in [0, 0.05) is 18.7 Å². The molecule has 1 aromatic rings. The highest BCUT2D eigenvalue weighted by Gasteiger charge is 2.31. The molecule has 0 amide bonds. The van der Waals surface area contributed by atoms with Crippen LogP contribution in [-0.2, 0) is 12.6 Å². The lowest BCUT2D eigenvalue weighted by Gasteiger charge is -2.16. The van der Waals surface area contributed by atoms with Gasteiger partial charge in [-0.25, -0.2) is 0 Å². The lowest BCUT2D eigenvalue weighted by atomic mass is 10.1. The van der Waals surface area contributed by atoms with E-state index in [1.54, 1.807) is 0 Å². The first kappa shape index (κ1) is 15.2. The molecule has 2 nitrogen and oxygen atoms in total. The first-order valence-corrected chi connectivity index (χ1v) is 6.21. The molecule has 1 N–H and O–H groups in total. The Hall–Kier alpha value is -0.810. The van der Waals surface area contributed by atoms with E-state index in [0.717, 1.165) is 25.2 Å². The maximum absolute atomic E-state index is 12.4. The molecule has 1 atom stereocenters. The zero-order chi connectivity index (χ0) is 13.8. The number of alkyl halides is 3. The van der Waals surface area contributed by atoms with Gasteiger partial charge in [0.15, 0.2) is 0 Å². The van der Waals surface area contributed by atoms with E-state index >= 15 is 0 Å². The topological polar surface area (TPSA) is 24.9 Å². The van der Waals surface area contributed by atoms with Crippen LogP contribution in [0.4, 0.5) is 13.2 Å². The molecule has 0 aromatic carbocycles. The summed E-state index contributed by atoms with van der Waals surface area (Å²) < 4.78 is 37.3. The Morgan fingerprint density at radius 1 is 1.39 bits per heavy atom. The molecule has 0 spiro atoms. The number of hydrogen-bond acceptors (Lipinski definition) is 2. The van der Waals surface area contributed by atoms with Crippen molar-refractivity contribution >= 4 is 11.6 Å². The largest absolute Gasteiger partial charge is 0.417 e. The quantitative estimate of drug-likeness (QED) is 0.890. The van der Waals surface area contributed by atoms with Crippen molar-refractivity contribution in [2.45, 2.75) is 38.9 Å². The van der Waals surface area contributed by atoms with E-state index in [-0.39, 0.29) is 11.1 Å². The van der Waals surface area contributed by atoms with Crippen molar-refractivity contribution in [1.82, 2.24) is 10.3 Å². The molecule has 0 bridgehead atoms. The van der Waals surface area contributed by atoms with Crippen molar-refractivity contribution in [3.8, 4) is 0 Å². The molecule has 0 aliphatic heterocycles. The molecule has 0 radical (unpaired) electrons. The fraction of sp³-hybridized carbons (Fsp3) is 0.583. The van der Waals surface area contributed by atoms with Crippen LogP contribution in [0.15, 0.2) is 12.3 Å². The van der Waals surface area contributed by atoms with Gasteiger partial charge in [-0.1, -0.05) is 25.4 Å². The predicted molar refractivity (Wildman–Crippen MR) is 65.7 cm³/mol. The summed E-state index contributed by atoms with van der Waals surface area (Å²) in [7, 11) is 0. The second-order valence-electron chi connectivity index (χ2n) is 4.02. The van der Waals surface area contributed by atoms with E-state index in [1.165, 1.54) is 0 Å². The smallest absolute Gasteiger partial charge is 0.314 e. The van der Waals surface area contributed by atoms with Crippen LogP contribution in [0.25, 0.3) is 0 Å². The van der Waals surface area contributed by atoms with Crippen molar-refractivity contribution in [3.05, 3.63) is 28.5 Å². The third-order valence-corrected chi connectivity index (χ3v) is 3.00. The van der Waals surface area contributed by atoms with E-state index in [9.17, 15) is 13.2 Å². The number of halogens is 4. The maximum atomic E-state index is 12.4. The summed E-state index contributed by atoms with van der Waals surface area (Å²) in [4.78, 5) is 3.82. The highest BCUT2D eigenvalue weighted by molar-refractivity contribution is 6.31. The molecule has 6 heteroatoms. The molecule has 0 aliphatic carbocycles. The molecule has 102 valence electrons. The summed E-state index contributed by atoms with van der Waals surface area (Å²) in [6, 6.07) is 1.11. The number of pyridine rings is 1. The monoisotopic (exact) mass is 280 g/mol. The Kier molecular flexibility index (Phi) is 5.41. The van der Waals surface area contributed by atoms with E-state index in [1.807, 2.05) is 13.8 Å². The summed E-state index contributed by atoms with van der Waals surface area (Å²) in [5.74, 6) is 0. The molecule has 1 heterocycles. The van der Waals surface area contributed by atoms with Crippen molar-refractivity contribution in [1.29, 1.82) is 0 Å². The minimum atomic E-state index is -4.40. The van der Waals surface area contributed by atoms with Crippen molar-refractivity contribution in [2.75, 3.05) is 6.54 Å². The van der Waals surface area contributed by atoms with Gasteiger partial charge in [-0.15, -0.1) is 0 Å². The Morgan fingerprint density at radius 3 is 2.50 bits per heavy atom. The normalized spacial score (nSPS) is 13.7. The van der Waals surface area contributed by atoms with Gasteiger partial charge in [0.05, 0.1) is 16.3 Å². The lowest BCUT2D eigenvalue weighted by Crippen LogP contribution is -2.30. The minimum absolute atomic E-state index is 0.0705. The Morgan fingerprint density at radius 2 is 2.06 bits per heavy atom. The fourth-order valence-electron chi connectivity index (χ4n) is 1.65. The number of likely N-dealkylation sites (N-methyl/N-ethyl adjacent to an activating group) is 1. The Bertz CT molecular complexity index is 393. The Balaban J connectivity index is 2.85. The van der Waals surface area contributed by atoms with Gasteiger partial charge in [0.2, 0.25) is 0 Å². The second-order valence-corrected chi connectivity index (χ2v) is 4.42. The summed E-state index contributed by atoms with van der Waals surface area (Å²) in [5.41, 5.74) is -0.315. The number of rotatable bonds is 5. The third-order valence-electron chi connectivity index (χ3n) is 2.67. The van der Waals surface area contributed by atoms with E-state index in [0.29, 0.717) is 12.1 Å². The standard InChI is InChI=1S/C12H16ClF3N2/c1-3-9(17-4-2)6-11-10(13)5-8(7-18-11)12(14,15)16/h5,7,9,17H,3-4,6H2,1-2H3. The van der Waals surface area contributed by atoms with Crippen LogP contribution in [-0.4, -0.2) is 17.6 Å². The SMILES string of the molecule is CCNC(CC)Cc1ncc(C(F)(F)F)cc1Cl. The van der Waals surface area contributed by atoms with Gasteiger partial charge in [-0.05, 0) is 19.0 Å². The van der Waals surface area contributed by atoms with E-state index < -0.39 is 11.7 Å². The highest BCUT2D eigenvalue weighted by atomic mass is 35.5. The molecular weight excluding hydrogens is 265 g/mol. The predicted octanol–water partition coefficient (Wildman–Crippen LogP) is 3.68. The average Bonchev–Trinajstić information content (AvgIpc) is 2.29. The number of nitrogens with zero attached hydrogens (tertiary/aromatic N) is 1. The van der Waals surface area contributed by atoms with Gasteiger partial charge in [-0.2, -0.15) is 13.2 Å². The van der Waals surface area contributed by atoms with Crippen LogP contribution in [0.3, 0.4) is 0 Å². The van der Waals surface area contributed by atoms with Crippen LogP contribution >= 0.6 is 11.6 Å². The van der Waals surface area contributed by atoms with Crippen LogP contribution in [0.5, 0.6) is 0 Å². The molecule has 1 rings (SSSR count). The lowest BCUT2D eigenvalue weighted by molar-refractivity contribution is -0.137. The van der Waals surface area contributed by atoms with E-state index in [2.05, 4.69) is 10.3 Å². The van der Waals surface area contributed by atoms with Crippen molar-refractivity contribution < 1.29 is 13.2 Å². The third kappa shape index (κ3) is 4.14. The first-order valence-electron chi connectivity index (χ1n) is 5.83. The summed E-state index contributed by atoms with van der Waals surface area (Å²) in [6.07, 6.45) is -2.17. The van der Waals surface area contributed by atoms with E-state index in [4.69, 9.17) is 11.6 Å². The zero-order valence-electron chi connectivity index (χ0n) is 10.3. The minimum Gasteiger partial charge on any atom is -0.314 e. The number of hydrogen-bond donors (Lipinski definition) is 1. The van der Waals surface area contributed by atoms with Gasteiger partial charge in [0.25, 0.3) is 0 Å². The van der Waals surface area contributed by atoms with Gasteiger partial charge in [0.1, 0.15) is 0 Å². The van der Waals surface area contributed by atoms with Gasteiger partial charge < -0.3 is 5.32 Å². The van der Waals surface area contributed by atoms with Crippen LogP contribution < -0.4 is 5.32 Å². The molecule has 1 aromatic heterocycles. The molecular formula is C12H16ClF3N2. The maximum Gasteiger partial charge on any atom is 0.417 e. The molecule has 1 unspecified atom stereocenters. The molecule has 18 heavy (non-hydrogen) atoms. The average molecular weight is 281 g/mol. The number of aromatic nitrogens is 1. The summed E-state index contributed by atoms with van der Waals surface area (Å²) >= 11 is 5.85. The highest BCUT2D eigenvalue weighted by Crippen LogP contribution is 2.31. The van der Waals surface area contributed by atoms with Gasteiger partial charge >= 0.3 is 6.18 Å². The number of nitrogens with one attached hydrogen (secondary N) is 1. The summed E-state index contributed by atoms with van der Waals surface area (Å²) in [6.45, 7) is 4.78. The van der Waals surface area contributed by atoms with Crippen molar-refractivity contribution in [2.24, 2.45) is 0 Å². The molecule has 0 fully saturated rings. The fourth-order valence-corrected chi connectivity index (χ4v) is 1.90. The first-order chi connectivity index (χ1) is 8.38. The Labute approximate surface area is 110 Å². The van der Waals surface area contributed by atoms with Crippen LogP contribution in [0, 0.1) is 0 Å². The van der Waals surface area contributed by atoms with Gasteiger partial charge in [-0.3, -0.25) is 4.98 Å². The zero-order valence-corrected chi connectivity index (χ0v) is 11.1. The summed E-state index contributed by atoms with van der Waals surface area (Å²) in [5, 5.41) is 3.30.